The highest BCUT2D eigenvalue weighted by Gasteiger charge is 2.27. The first-order valence-electron chi connectivity index (χ1n) is 11.3. The lowest BCUT2D eigenvalue weighted by Crippen LogP contribution is -2.27. The molecule has 1 aromatic carbocycles. The molecule has 2 atom stereocenters. The number of aliphatic hydroxyl groups excluding tert-OH is 2. The Hall–Kier alpha value is -2.25. The maximum Gasteiger partial charge on any atom is 0.271 e. The first-order valence-corrected chi connectivity index (χ1v) is 11.3. The summed E-state index contributed by atoms with van der Waals surface area (Å²) >= 11 is 0. The largest absolute Gasteiger partial charge is 0.393 e. The fraction of sp³-hybridized carbons (Fsp3) is 0.583. The van der Waals surface area contributed by atoms with E-state index in [-0.39, 0.29) is 17.6 Å². The smallest absolute Gasteiger partial charge is 0.271 e. The van der Waals surface area contributed by atoms with Crippen LogP contribution in [-0.4, -0.2) is 44.4 Å². The topological polar surface area (TPSA) is 87.4 Å². The standard InChI is InChI=1S/C24H34FN3O3/c1-4-19(29)13-20(30)11-12-28-22(15(2)3)21(24(31)26-14-16-5-6-16)27-23(28)17-7-9-18(25)10-8-17/h7-10,15-16,19-20,29-30H,4-6,11-14H2,1-3H3,(H,26,31). The molecule has 1 aromatic heterocycles. The normalized spacial score (nSPS) is 15.8. The zero-order valence-electron chi connectivity index (χ0n) is 18.6. The van der Waals surface area contributed by atoms with Crippen molar-refractivity contribution in [1.29, 1.82) is 0 Å². The Labute approximate surface area is 183 Å². The number of halogens is 1. The van der Waals surface area contributed by atoms with Gasteiger partial charge in [0.2, 0.25) is 0 Å². The molecule has 1 aliphatic carbocycles. The predicted octanol–water partition coefficient (Wildman–Crippen LogP) is 3.86. The Morgan fingerprint density at radius 2 is 1.90 bits per heavy atom. The molecule has 0 bridgehead atoms. The van der Waals surface area contributed by atoms with E-state index in [2.05, 4.69) is 10.3 Å². The number of nitrogens with one attached hydrogen (secondary N) is 1. The maximum atomic E-state index is 13.5. The van der Waals surface area contributed by atoms with Crippen molar-refractivity contribution >= 4 is 5.91 Å². The summed E-state index contributed by atoms with van der Waals surface area (Å²) in [5, 5.41) is 23.2. The zero-order chi connectivity index (χ0) is 22.5. The molecule has 0 spiro atoms. The number of aromatic nitrogens is 2. The molecule has 2 unspecified atom stereocenters. The van der Waals surface area contributed by atoms with Gasteiger partial charge in [-0.15, -0.1) is 0 Å². The third-order valence-corrected chi connectivity index (χ3v) is 5.82. The number of aliphatic hydroxyl groups is 2. The summed E-state index contributed by atoms with van der Waals surface area (Å²) in [5.74, 6) is 0.646. The van der Waals surface area contributed by atoms with Crippen LogP contribution in [0.4, 0.5) is 4.39 Å². The molecule has 170 valence electrons. The molecule has 1 fully saturated rings. The van der Waals surface area contributed by atoms with E-state index in [9.17, 15) is 19.4 Å². The molecule has 7 heteroatoms. The fourth-order valence-electron chi connectivity index (χ4n) is 3.78. The van der Waals surface area contributed by atoms with E-state index in [4.69, 9.17) is 0 Å². The van der Waals surface area contributed by atoms with Crippen molar-refractivity contribution in [2.45, 2.75) is 77.5 Å². The second kappa shape index (κ2) is 10.4. The summed E-state index contributed by atoms with van der Waals surface area (Å²) in [7, 11) is 0. The minimum Gasteiger partial charge on any atom is -0.393 e. The minimum atomic E-state index is -0.662. The second-order valence-electron chi connectivity index (χ2n) is 8.88. The molecule has 1 aliphatic rings. The number of carbonyl (C=O) groups is 1. The highest BCUT2D eigenvalue weighted by molar-refractivity contribution is 5.94. The Balaban J connectivity index is 1.93. The molecule has 0 aliphatic heterocycles. The predicted molar refractivity (Wildman–Crippen MR) is 118 cm³/mol. The van der Waals surface area contributed by atoms with E-state index in [1.807, 2.05) is 25.3 Å². The summed E-state index contributed by atoms with van der Waals surface area (Å²) in [6, 6.07) is 6.06. The summed E-state index contributed by atoms with van der Waals surface area (Å²) in [4.78, 5) is 17.6. The quantitative estimate of drug-likeness (QED) is 0.504. The van der Waals surface area contributed by atoms with E-state index < -0.39 is 12.2 Å². The van der Waals surface area contributed by atoms with Crippen LogP contribution < -0.4 is 5.32 Å². The Bertz CT molecular complexity index is 875. The van der Waals surface area contributed by atoms with Crippen LogP contribution in [0.1, 0.15) is 75.0 Å². The van der Waals surface area contributed by atoms with Crippen LogP contribution in [0, 0.1) is 11.7 Å². The second-order valence-corrected chi connectivity index (χ2v) is 8.88. The molecular formula is C24H34FN3O3. The fourth-order valence-corrected chi connectivity index (χ4v) is 3.78. The number of rotatable bonds is 11. The van der Waals surface area contributed by atoms with Crippen molar-refractivity contribution in [2.24, 2.45) is 5.92 Å². The van der Waals surface area contributed by atoms with E-state index in [0.29, 0.717) is 55.4 Å². The lowest BCUT2D eigenvalue weighted by atomic mass is 10.1. The molecule has 0 saturated heterocycles. The van der Waals surface area contributed by atoms with Gasteiger partial charge in [-0.2, -0.15) is 0 Å². The van der Waals surface area contributed by atoms with Gasteiger partial charge in [-0.3, -0.25) is 4.79 Å². The number of nitrogens with zero attached hydrogens (tertiary/aromatic N) is 2. The third kappa shape index (κ3) is 6.14. The maximum absolute atomic E-state index is 13.5. The van der Waals surface area contributed by atoms with Crippen molar-refractivity contribution in [2.75, 3.05) is 6.54 Å². The van der Waals surface area contributed by atoms with E-state index in [1.165, 1.54) is 12.1 Å². The highest BCUT2D eigenvalue weighted by atomic mass is 19.1. The Morgan fingerprint density at radius 3 is 2.48 bits per heavy atom. The number of amides is 1. The van der Waals surface area contributed by atoms with Gasteiger partial charge in [-0.25, -0.2) is 9.37 Å². The van der Waals surface area contributed by atoms with Crippen molar-refractivity contribution in [1.82, 2.24) is 14.9 Å². The molecule has 6 nitrogen and oxygen atoms in total. The number of hydrogen-bond donors (Lipinski definition) is 3. The SMILES string of the molecule is CCC(O)CC(O)CCn1c(-c2ccc(F)cc2)nc(C(=O)NCC2CC2)c1C(C)C. The molecule has 2 aromatic rings. The first-order chi connectivity index (χ1) is 14.8. The zero-order valence-corrected chi connectivity index (χ0v) is 18.6. The van der Waals surface area contributed by atoms with E-state index in [1.54, 1.807) is 12.1 Å². The summed E-state index contributed by atoms with van der Waals surface area (Å²) in [6.45, 7) is 7.00. The molecule has 3 N–H and O–H groups in total. The summed E-state index contributed by atoms with van der Waals surface area (Å²) in [5.41, 5.74) is 1.90. The van der Waals surface area contributed by atoms with Crippen LogP contribution in [0.5, 0.6) is 0 Å². The van der Waals surface area contributed by atoms with Crippen molar-refractivity contribution in [3.8, 4) is 11.4 Å². The average Bonchev–Trinajstić information content (AvgIpc) is 3.49. The Kier molecular flexibility index (Phi) is 7.84. The lowest BCUT2D eigenvalue weighted by molar-refractivity contribution is 0.0711. The van der Waals surface area contributed by atoms with E-state index >= 15 is 0 Å². The van der Waals surface area contributed by atoms with Crippen molar-refractivity contribution < 1.29 is 19.4 Å². The molecule has 1 amide bonds. The lowest BCUT2D eigenvalue weighted by Gasteiger charge is -2.18. The van der Waals surface area contributed by atoms with E-state index in [0.717, 1.165) is 18.5 Å². The molecule has 1 saturated carbocycles. The van der Waals surface area contributed by atoms with Gasteiger partial charge in [-0.05, 0) is 68.2 Å². The van der Waals surface area contributed by atoms with Crippen molar-refractivity contribution in [3.05, 3.63) is 41.5 Å². The molecule has 3 rings (SSSR count). The molecule has 0 radical (unpaired) electrons. The summed E-state index contributed by atoms with van der Waals surface area (Å²) < 4.78 is 15.5. The highest BCUT2D eigenvalue weighted by Crippen LogP contribution is 2.30. The molecule has 31 heavy (non-hydrogen) atoms. The minimum absolute atomic E-state index is 0.0294. The van der Waals surface area contributed by atoms with Crippen LogP contribution in [0.3, 0.4) is 0 Å². The van der Waals surface area contributed by atoms with Gasteiger partial charge >= 0.3 is 0 Å². The van der Waals surface area contributed by atoms with Crippen LogP contribution in [0.25, 0.3) is 11.4 Å². The molecule has 1 heterocycles. The first kappa shape index (κ1) is 23.4. The van der Waals surface area contributed by atoms with Crippen LogP contribution >= 0.6 is 0 Å². The number of carbonyl (C=O) groups excluding carboxylic acids is 1. The summed E-state index contributed by atoms with van der Waals surface area (Å²) in [6.07, 6.45) is 2.41. The van der Waals surface area contributed by atoms with Crippen molar-refractivity contribution in [3.63, 3.8) is 0 Å². The average molecular weight is 432 g/mol. The van der Waals surface area contributed by atoms with Gasteiger partial charge in [0.1, 0.15) is 17.3 Å². The van der Waals surface area contributed by atoms with Gasteiger partial charge in [0.15, 0.2) is 0 Å². The van der Waals surface area contributed by atoms with Gasteiger partial charge in [0.05, 0.1) is 17.9 Å². The third-order valence-electron chi connectivity index (χ3n) is 5.82. The van der Waals surface area contributed by atoms with Crippen LogP contribution in [0.15, 0.2) is 24.3 Å². The van der Waals surface area contributed by atoms with Gasteiger partial charge in [-0.1, -0.05) is 20.8 Å². The number of benzene rings is 1. The number of imidazole rings is 1. The Morgan fingerprint density at radius 1 is 1.23 bits per heavy atom. The van der Waals surface area contributed by atoms with Gasteiger partial charge < -0.3 is 20.1 Å². The van der Waals surface area contributed by atoms with Gasteiger partial charge in [0.25, 0.3) is 5.91 Å². The molecular weight excluding hydrogens is 397 g/mol. The van der Waals surface area contributed by atoms with Crippen LogP contribution in [0.2, 0.25) is 0 Å². The monoisotopic (exact) mass is 431 g/mol. The van der Waals surface area contributed by atoms with Crippen LogP contribution in [-0.2, 0) is 6.54 Å². The number of hydrogen-bond acceptors (Lipinski definition) is 4. The van der Waals surface area contributed by atoms with Gasteiger partial charge in [0, 0.05) is 18.7 Å².